The molecule has 2 aliphatic rings. The first kappa shape index (κ1) is 21.0. The molecule has 0 bridgehead atoms. The van der Waals surface area contributed by atoms with Crippen LogP contribution in [0.15, 0.2) is 71.3 Å². The maximum absolute atomic E-state index is 13.0. The number of nitrogens with zero attached hydrogens (tertiary/aromatic N) is 1. The topological polar surface area (TPSA) is 85.3 Å². The summed E-state index contributed by atoms with van der Waals surface area (Å²) in [6.07, 6.45) is 1.01. The van der Waals surface area contributed by atoms with E-state index >= 15 is 0 Å². The van der Waals surface area contributed by atoms with Crippen LogP contribution in [-0.2, 0) is 16.1 Å². The fraction of sp³-hybridized carbons (Fsp3) is 0.280. The number of hydrogen-bond acceptors (Lipinski definition) is 5. The lowest BCUT2D eigenvalue weighted by Gasteiger charge is -2.37. The van der Waals surface area contributed by atoms with Crippen LogP contribution in [0.3, 0.4) is 0 Å². The Hall–Kier alpha value is -3.23. The predicted octanol–water partition coefficient (Wildman–Crippen LogP) is 5.37. The first-order chi connectivity index (χ1) is 14.8. The molecule has 31 heavy (non-hydrogen) atoms. The van der Waals surface area contributed by atoms with Crippen molar-refractivity contribution in [2.75, 3.05) is 0 Å². The third kappa shape index (κ3) is 4.17. The molecule has 0 spiro atoms. The fourth-order valence-corrected chi connectivity index (χ4v) is 4.34. The number of nitrogens with two attached hydrogens (primary N) is 1. The van der Waals surface area contributed by atoms with E-state index in [2.05, 4.69) is 6.07 Å². The minimum atomic E-state index is -0.532. The quantitative estimate of drug-likeness (QED) is 0.699. The van der Waals surface area contributed by atoms with Crippen molar-refractivity contribution >= 4 is 17.4 Å². The molecule has 158 valence electrons. The van der Waals surface area contributed by atoms with E-state index in [0.717, 1.165) is 11.1 Å². The smallest absolute Gasteiger partial charge is 0.205 e. The summed E-state index contributed by atoms with van der Waals surface area (Å²) in [4.78, 5) is 13.0. The summed E-state index contributed by atoms with van der Waals surface area (Å²) in [6.45, 7) is 4.39. The van der Waals surface area contributed by atoms with Crippen LogP contribution in [0.5, 0.6) is 5.75 Å². The first-order valence-electron chi connectivity index (χ1n) is 10.1. The summed E-state index contributed by atoms with van der Waals surface area (Å²) in [5.41, 5.74) is 8.35. The average Bonchev–Trinajstić information content (AvgIpc) is 2.71. The fourth-order valence-electron chi connectivity index (χ4n) is 4.15. The van der Waals surface area contributed by atoms with Gasteiger partial charge in [-0.25, -0.2) is 0 Å². The average molecular weight is 435 g/mol. The Morgan fingerprint density at radius 1 is 1.19 bits per heavy atom. The summed E-state index contributed by atoms with van der Waals surface area (Å²) < 4.78 is 11.6. The van der Waals surface area contributed by atoms with Gasteiger partial charge in [0.05, 0.1) is 5.92 Å². The zero-order chi connectivity index (χ0) is 22.2. The van der Waals surface area contributed by atoms with Gasteiger partial charge in [-0.2, -0.15) is 5.26 Å². The molecule has 0 saturated heterocycles. The van der Waals surface area contributed by atoms with Crippen LogP contribution in [0.4, 0.5) is 0 Å². The molecule has 0 saturated carbocycles. The molecule has 0 fully saturated rings. The van der Waals surface area contributed by atoms with Crippen molar-refractivity contribution in [1.29, 1.82) is 5.26 Å². The van der Waals surface area contributed by atoms with Crippen molar-refractivity contribution in [2.45, 2.75) is 39.2 Å². The summed E-state index contributed by atoms with van der Waals surface area (Å²) in [5.74, 6) is 0.764. The Bertz CT molecular complexity index is 1140. The number of nitriles is 1. The van der Waals surface area contributed by atoms with Gasteiger partial charge in [-0.3, -0.25) is 4.79 Å². The van der Waals surface area contributed by atoms with Gasteiger partial charge in [-0.05, 0) is 29.2 Å². The van der Waals surface area contributed by atoms with Crippen LogP contribution in [-0.4, -0.2) is 5.78 Å². The molecule has 1 aliphatic heterocycles. The molecule has 0 aromatic heterocycles. The SMILES string of the molecule is CC1(C)CC(=O)C2=C(C1)OC(N)=C(C#N)[C@@H]2c1ccc(OCc2ccccc2Cl)cc1. The number of ether oxygens (including phenoxy) is 2. The molecule has 1 aliphatic carbocycles. The second kappa shape index (κ2) is 8.13. The number of carbonyl (C=O) groups excluding carboxylic acids is 1. The van der Waals surface area contributed by atoms with Gasteiger partial charge in [0, 0.05) is 29.0 Å². The molecule has 6 heteroatoms. The normalized spacial score (nSPS) is 20.1. The number of rotatable bonds is 4. The van der Waals surface area contributed by atoms with Gasteiger partial charge < -0.3 is 15.2 Å². The maximum atomic E-state index is 13.0. The zero-order valence-corrected chi connectivity index (χ0v) is 18.2. The minimum absolute atomic E-state index is 0.00412. The van der Waals surface area contributed by atoms with E-state index in [9.17, 15) is 10.1 Å². The molecule has 2 aromatic carbocycles. The summed E-state index contributed by atoms with van der Waals surface area (Å²) >= 11 is 6.19. The van der Waals surface area contributed by atoms with Crippen molar-refractivity contribution in [2.24, 2.45) is 11.1 Å². The Morgan fingerprint density at radius 3 is 2.58 bits per heavy atom. The Kier molecular flexibility index (Phi) is 5.51. The third-order valence-corrected chi connectivity index (χ3v) is 6.01. The second-order valence-electron chi connectivity index (χ2n) is 8.65. The number of halogens is 1. The highest BCUT2D eigenvalue weighted by Crippen LogP contribution is 2.47. The summed E-state index contributed by atoms with van der Waals surface area (Å²) in [7, 11) is 0. The van der Waals surface area contributed by atoms with Crippen molar-refractivity contribution in [3.8, 4) is 11.8 Å². The molecule has 0 radical (unpaired) electrons. The number of ketones is 1. The molecular weight excluding hydrogens is 412 g/mol. The monoisotopic (exact) mass is 434 g/mol. The van der Waals surface area contributed by atoms with Gasteiger partial charge in [0.25, 0.3) is 0 Å². The lowest BCUT2D eigenvalue weighted by atomic mass is 9.70. The zero-order valence-electron chi connectivity index (χ0n) is 17.4. The maximum Gasteiger partial charge on any atom is 0.205 e. The standard InChI is InChI=1S/C25H23ClN2O3/c1-25(2)11-20(29)23-21(12-25)31-24(28)18(13-27)22(23)15-7-9-17(10-8-15)30-14-16-5-3-4-6-19(16)26/h3-10,22H,11-12,14,28H2,1-2H3/t22-/m0/s1. The molecule has 2 aromatic rings. The van der Waals surface area contributed by atoms with Gasteiger partial charge in [0.2, 0.25) is 5.88 Å². The Morgan fingerprint density at radius 2 is 1.90 bits per heavy atom. The molecule has 4 rings (SSSR count). The van der Waals surface area contributed by atoms with E-state index in [-0.39, 0.29) is 22.7 Å². The highest BCUT2D eigenvalue weighted by atomic mass is 35.5. The van der Waals surface area contributed by atoms with Crippen LogP contribution in [0.25, 0.3) is 0 Å². The van der Waals surface area contributed by atoms with E-state index in [0.29, 0.717) is 41.6 Å². The van der Waals surface area contributed by atoms with Crippen molar-refractivity contribution in [1.82, 2.24) is 0 Å². The molecule has 0 amide bonds. The minimum Gasteiger partial charge on any atom is -0.489 e. The summed E-state index contributed by atoms with van der Waals surface area (Å²) in [5, 5.41) is 10.4. The van der Waals surface area contributed by atoms with E-state index in [1.54, 1.807) is 0 Å². The Labute approximate surface area is 186 Å². The molecule has 0 unspecified atom stereocenters. The lowest BCUT2D eigenvalue weighted by molar-refractivity contribution is -0.119. The third-order valence-electron chi connectivity index (χ3n) is 5.64. The first-order valence-corrected chi connectivity index (χ1v) is 10.5. The van der Waals surface area contributed by atoms with Crippen LogP contribution in [0, 0.1) is 16.7 Å². The van der Waals surface area contributed by atoms with Gasteiger partial charge in [-0.1, -0.05) is 55.8 Å². The van der Waals surface area contributed by atoms with Crippen molar-refractivity contribution in [3.05, 3.63) is 87.5 Å². The van der Waals surface area contributed by atoms with Gasteiger partial charge in [-0.15, -0.1) is 0 Å². The van der Waals surface area contributed by atoms with Crippen LogP contribution < -0.4 is 10.5 Å². The van der Waals surface area contributed by atoms with Gasteiger partial charge in [0.1, 0.15) is 29.8 Å². The highest BCUT2D eigenvalue weighted by Gasteiger charge is 2.42. The van der Waals surface area contributed by atoms with E-state index in [1.165, 1.54) is 0 Å². The predicted molar refractivity (Wildman–Crippen MR) is 118 cm³/mol. The van der Waals surface area contributed by atoms with Crippen molar-refractivity contribution in [3.63, 3.8) is 0 Å². The van der Waals surface area contributed by atoms with Crippen LogP contribution in [0.1, 0.15) is 43.7 Å². The highest BCUT2D eigenvalue weighted by molar-refractivity contribution is 6.31. The largest absolute Gasteiger partial charge is 0.489 e. The molecule has 2 N–H and O–H groups in total. The number of hydrogen-bond donors (Lipinski definition) is 1. The Balaban J connectivity index is 1.63. The van der Waals surface area contributed by atoms with E-state index in [4.69, 9.17) is 26.8 Å². The molecule has 5 nitrogen and oxygen atoms in total. The number of Topliss-reactive ketones (excluding diaryl/α,β-unsaturated/α-hetero) is 1. The van der Waals surface area contributed by atoms with Gasteiger partial charge in [0.15, 0.2) is 5.78 Å². The molecular formula is C25H23ClN2O3. The van der Waals surface area contributed by atoms with Crippen LogP contribution >= 0.6 is 11.6 Å². The number of carbonyl (C=O) groups is 1. The second-order valence-corrected chi connectivity index (χ2v) is 9.06. The molecule has 1 heterocycles. The van der Waals surface area contributed by atoms with E-state index in [1.807, 2.05) is 62.4 Å². The lowest BCUT2D eigenvalue weighted by Crippen LogP contribution is -2.33. The van der Waals surface area contributed by atoms with Crippen molar-refractivity contribution < 1.29 is 14.3 Å². The summed E-state index contributed by atoms with van der Waals surface area (Å²) in [6, 6.07) is 17.0. The van der Waals surface area contributed by atoms with Crippen LogP contribution in [0.2, 0.25) is 5.02 Å². The molecule has 1 atom stereocenters. The number of benzene rings is 2. The van der Waals surface area contributed by atoms with E-state index < -0.39 is 5.92 Å². The van der Waals surface area contributed by atoms with Gasteiger partial charge >= 0.3 is 0 Å². The number of allylic oxidation sites excluding steroid dienone is 3.